The van der Waals surface area contributed by atoms with Gasteiger partial charge < -0.3 is 10.1 Å². The van der Waals surface area contributed by atoms with Crippen LogP contribution in [0.15, 0.2) is 48.5 Å². The number of halogens is 1. The molecule has 2 aromatic rings. The van der Waals surface area contributed by atoms with Crippen LogP contribution < -0.4 is 5.32 Å². The number of rotatable bonds is 5. The number of benzene rings is 2. The molecule has 0 aliphatic heterocycles. The number of carbonyl (C=O) groups is 1. The lowest BCUT2D eigenvalue weighted by atomic mass is 10.1. The van der Waals surface area contributed by atoms with Gasteiger partial charge in [0.25, 0.3) is 0 Å². The number of carbonyl (C=O) groups excluding carboxylic acids is 1. The molecular formula is C17H18ClNO2. The second kappa shape index (κ2) is 7.14. The number of para-hydroxylation sites is 1. The van der Waals surface area contributed by atoms with E-state index in [2.05, 4.69) is 5.32 Å². The molecule has 0 saturated heterocycles. The molecule has 0 bridgehead atoms. The Labute approximate surface area is 129 Å². The molecule has 110 valence electrons. The maximum atomic E-state index is 12.2. The summed E-state index contributed by atoms with van der Waals surface area (Å²) in [6.07, 6.45) is 0. The molecule has 3 nitrogen and oxygen atoms in total. The van der Waals surface area contributed by atoms with E-state index in [9.17, 15) is 4.79 Å². The van der Waals surface area contributed by atoms with Gasteiger partial charge in [0, 0.05) is 0 Å². The Morgan fingerprint density at radius 2 is 1.90 bits per heavy atom. The van der Waals surface area contributed by atoms with Crippen molar-refractivity contribution in [3.8, 4) is 0 Å². The summed E-state index contributed by atoms with van der Waals surface area (Å²) in [5.74, 6) is -0.317. The van der Waals surface area contributed by atoms with E-state index in [0.717, 1.165) is 16.8 Å². The summed E-state index contributed by atoms with van der Waals surface area (Å²) in [4.78, 5) is 12.2. The van der Waals surface area contributed by atoms with Gasteiger partial charge in [0.2, 0.25) is 0 Å². The molecule has 2 aromatic carbocycles. The Balaban J connectivity index is 2.35. The van der Waals surface area contributed by atoms with Gasteiger partial charge in [-0.1, -0.05) is 54.1 Å². The van der Waals surface area contributed by atoms with Crippen LogP contribution in [-0.4, -0.2) is 12.6 Å². The maximum absolute atomic E-state index is 12.2. The van der Waals surface area contributed by atoms with Crippen molar-refractivity contribution in [2.75, 3.05) is 11.9 Å². The van der Waals surface area contributed by atoms with E-state index >= 15 is 0 Å². The summed E-state index contributed by atoms with van der Waals surface area (Å²) in [5, 5.41) is 3.79. The zero-order valence-electron chi connectivity index (χ0n) is 12.1. The van der Waals surface area contributed by atoms with Crippen LogP contribution in [0.1, 0.15) is 24.1 Å². The highest BCUT2D eigenvalue weighted by molar-refractivity contribution is 6.33. The lowest BCUT2D eigenvalue weighted by molar-refractivity contribution is -0.144. The number of hydrogen-bond acceptors (Lipinski definition) is 3. The number of aryl methyl sites for hydroxylation is 1. The average molecular weight is 304 g/mol. The molecule has 0 aliphatic carbocycles. The lowest BCUT2D eigenvalue weighted by Gasteiger charge is -2.21. The quantitative estimate of drug-likeness (QED) is 0.834. The van der Waals surface area contributed by atoms with Crippen molar-refractivity contribution < 1.29 is 9.53 Å². The first-order chi connectivity index (χ1) is 10.1. The zero-order chi connectivity index (χ0) is 15.2. The normalized spacial score (nSPS) is 11.8. The molecular weight excluding hydrogens is 286 g/mol. The van der Waals surface area contributed by atoms with Gasteiger partial charge in [-0.2, -0.15) is 0 Å². The number of hydrogen-bond donors (Lipinski definition) is 1. The molecule has 0 spiro atoms. The third kappa shape index (κ3) is 3.76. The Morgan fingerprint density at radius 3 is 2.52 bits per heavy atom. The molecule has 0 radical (unpaired) electrons. The Hall–Kier alpha value is -2.00. The van der Waals surface area contributed by atoms with Crippen molar-refractivity contribution >= 4 is 23.3 Å². The Bertz CT molecular complexity index is 593. The van der Waals surface area contributed by atoms with Crippen LogP contribution in [0.25, 0.3) is 0 Å². The summed E-state index contributed by atoms with van der Waals surface area (Å²) < 4.78 is 5.17. The number of anilines is 1. The smallest absolute Gasteiger partial charge is 0.333 e. The highest BCUT2D eigenvalue weighted by Crippen LogP contribution is 2.30. The second-order valence-electron chi connectivity index (χ2n) is 4.67. The van der Waals surface area contributed by atoms with E-state index in [0.29, 0.717) is 11.6 Å². The monoisotopic (exact) mass is 303 g/mol. The summed E-state index contributed by atoms with van der Waals surface area (Å²) in [6, 6.07) is 14.5. The van der Waals surface area contributed by atoms with Crippen molar-refractivity contribution in [1.29, 1.82) is 0 Å². The number of esters is 1. The van der Waals surface area contributed by atoms with Crippen LogP contribution in [0.3, 0.4) is 0 Å². The fourth-order valence-electron chi connectivity index (χ4n) is 2.11. The Kier molecular flexibility index (Phi) is 5.23. The predicted molar refractivity (Wildman–Crippen MR) is 85.6 cm³/mol. The van der Waals surface area contributed by atoms with Gasteiger partial charge in [0.05, 0.1) is 17.3 Å². The van der Waals surface area contributed by atoms with Crippen molar-refractivity contribution in [1.82, 2.24) is 0 Å². The molecule has 21 heavy (non-hydrogen) atoms. The van der Waals surface area contributed by atoms with Gasteiger partial charge in [-0.15, -0.1) is 0 Å². The minimum atomic E-state index is -0.579. The first-order valence-corrected chi connectivity index (χ1v) is 7.24. The van der Waals surface area contributed by atoms with Gasteiger partial charge in [0.1, 0.15) is 0 Å². The first-order valence-electron chi connectivity index (χ1n) is 6.86. The van der Waals surface area contributed by atoms with Gasteiger partial charge in [0.15, 0.2) is 6.04 Å². The largest absolute Gasteiger partial charge is 0.464 e. The molecule has 1 unspecified atom stereocenters. The number of ether oxygens (including phenoxy) is 1. The van der Waals surface area contributed by atoms with Gasteiger partial charge >= 0.3 is 5.97 Å². The fraction of sp³-hybridized carbons (Fsp3) is 0.235. The molecule has 0 fully saturated rings. The van der Waals surface area contributed by atoms with Crippen LogP contribution in [0.5, 0.6) is 0 Å². The third-order valence-electron chi connectivity index (χ3n) is 3.17. The van der Waals surface area contributed by atoms with Crippen molar-refractivity contribution in [2.45, 2.75) is 19.9 Å². The van der Waals surface area contributed by atoms with Gasteiger partial charge in [-0.3, -0.25) is 0 Å². The Morgan fingerprint density at radius 1 is 1.19 bits per heavy atom. The van der Waals surface area contributed by atoms with E-state index in [1.807, 2.05) is 49.4 Å². The van der Waals surface area contributed by atoms with Crippen molar-refractivity contribution in [3.05, 3.63) is 64.7 Å². The first kappa shape index (κ1) is 15.4. The standard InChI is InChI=1S/C17H18ClNO2/c1-3-21-17(20)16(13-9-5-4-6-10-13)19-15-12(2)8-7-11-14(15)18/h4-11,16,19H,3H2,1-2H3. The minimum Gasteiger partial charge on any atom is -0.464 e. The molecule has 0 aliphatic rings. The average Bonchev–Trinajstić information content (AvgIpc) is 2.48. The molecule has 1 atom stereocenters. The molecule has 0 heterocycles. The van der Waals surface area contributed by atoms with Crippen LogP contribution in [0, 0.1) is 6.92 Å². The third-order valence-corrected chi connectivity index (χ3v) is 3.48. The maximum Gasteiger partial charge on any atom is 0.333 e. The summed E-state index contributed by atoms with van der Waals surface area (Å²) in [5.41, 5.74) is 2.57. The van der Waals surface area contributed by atoms with E-state index in [4.69, 9.17) is 16.3 Å². The van der Waals surface area contributed by atoms with Crippen LogP contribution >= 0.6 is 11.6 Å². The second-order valence-corrected chi connectivity index (χ2v) is 5.08. The molecule has 4 heteroatoms. The molecule has 1 N–H and O–H groups in total. The number of nitrogens with one attached hydrogen (secondary N) is 1. The summed E-state index contributed by atoms with van der Waals surface area (Å²) in [7, 11) is 0. The summed E-state index contributed by atoms with van der Waals surface area (Å²) in [6.45, 7) is 4.08. The predicted octanol–water partition coefficient (Wildman–Crippen LogP) is 4.36. The zero-order valence-corrected chi connectivity index (χ0v) is 12.9. The van der Waals surface area contributed by atoms with Crippen LogP contribution in [0.4, 0.5) is 5.69 Å². The molecule has 2 rings (SSSR count). The van der Waals surface area contributed by atoms with Crippen LogP contribution in [0.2, 0.25) is 5.02 Å². The van der Waals surface area contributed by atoms with E-state index in [1.165, 1.54) is 0 Å². The molecule has 0 saturated carbocycles. The minimum absolute atomic E-state index is 0.317. The van der Waals surface area contributed by atoms with E-state index < -0.39 is 6.04 Å². The molecule has 0 aromatic heterocycles. The van der Waals surface area contributed by atoms with Gasteiger partial charge in [-0.05, 0) is 31.0 Å². The van der Waals surface area contributed by atoms with E-state index in [1.54, 1.807) is 13.0 Å². The fourth-order valence-corrected chi connectivity index (χ4v) is 2.38. The SMILES string of the molecule is CCOC(=O)C(Nc1c(C)cccc1Cl)c1ccccc1. The van der Waals surface area contributed by atoms with Gasteiger partial charge in [-0.25, -0.2) is 4.79 Å². The summed E-state index contributed by atoms with van der Waals surface area (Å²) >= 11 is 6.23. The molecule has 0 amide bonds. The topological polar surface area (TPSA) is 38.3 Å². The van der Waals surface area contributed by atoms with Crippen molar-refractivity contribution in [3.63, 3.8) is 0 Å². The highest BCUT2D eigenvalue weighted by Gasteiger charge is 2.23. The van der Waals surface area contributed by atoms with Crippen LogP contribution in [-0.2, 0) is 9.53 Å². The lowest BCUT2D eigenvalue weighted by Crippen LogP contribution is -2.23. The highest BCUT2D eigenvalue weighted by atomic mass is 35.5. The van der Waals surface area contributed by atoms with E-state index in [-0.39, 0.29) is 5.97 Å². The van der Waals surface area contributed by atoms with Crippen molar-refractivity contribution in [2.24, 2.45) is 0 Å².